The number of para-hydroxylation sites is 2. The molecule has 2 aromatic rings. The molecule has 2 N–H and O–H groups in total. The van der Waals surface area contributed by atoms with Crippen LogP contribution in [0.25, 0.3) is 11.1 Å². The SMILES string of the molecule is CC(=O)NCCNC(=O)C1CCN(c2nc3ccccc3o2)CC1. The average Bonchev–Trinajstić information content (AvgIpc) is 3.02. The smallest absolute Gasteiger partial charge is 0.298 e. The molecule has 2 amide bonds. The Morgan fingerprint density at radius 2 is 1.92 bits per heavy atom. The summed E-state index contributed by atoms with van der Waals surface area (Å²) < 4.78 is 5.78. The third-order valence-corrected chi connectivity index (χ3v) is 4.22. The van der Waals surface area contributed by atoms with Gasteiger partial charge in [-0.1, -0.05) is 12.1 Å². The topological polar surface area (TPSA) is 87.5 Å². The lowest BCUT2D eigenvalue weighted by atomic mass is 9.96. The summed E-state index contributed by atoms with van der Waals surface area (Å²) >= 11 is 0. The van der Waals surface area contributed by atoms with Gasteiger partial charge in [0.2, 0.25) is 11.8 Å². The van der Waals surface area contributed by atoms with E-state index in [9.17, 15) is 9.59 Å². The van der Waals surface area contributed by atoms with Crippen molar-refractivity contribution in [1.29, 1.82) is 0 Å². The largest absolute Gasteiger partial charge is 0.423 e. The van der Waals surface area contributed by atoms with Gasteiger partial charge in [-0.05, 0) is 25.0 Å². The number of rotatable bonds is 5. The fraction of sp³-hybridized carbons (Fsp3) is 0.471. The van der Waals surface area contributed by atoms with Gasteiger partial charge in [0.25, 0.3) is 6.01 Å². The number of aromatic nitrogens is 1. The van der Waals surface area contributed by atoms with Crippen molar-refractivity contribution in [3.05, 3.63) is 24.3 Å². The van der Waals surface area contributed by atoms with E-state index >= 15 is 0 Å². The molecule has 1 aliphatic rings. The van der Waals surface area contributed by atoms with Gasteiger partial charge in [0.1, 0.15) is 5.52 Å². The zero-order valence-electron chi connectivity index (χ0n) is 13.7. The molecule has 0 radical (unpaired) electrons. The average molecular weight is 330 g/mol. The maximum atomic E-state index is 12.1. The molecular formula is C17H22N4O3. The Morgan fingerprint density at radius 3 is 2.62 bits per heavy atom. The van der Waals surface area contributed by atoms with E-state index < -0.39 is 0 Å². The number of nitrogens with one attached hydrogen (secondary N) is 2. The maximum absolute atomic E-state index is 12.1. The number of amides is 2. The standard InChI is InChI=1S/C17H22N4O3/c1-12(22)18-8-9-19-16(23)13-6-10-21(11-7-13)17-20-14-4-2-3-5-15(14)24-17/h2-5,13H,6-11H2,1H3,(H,18,22)(H,19,23). The van der Waals surface area contributed by atoms with Crippen LogP contribution in [0.15, 0.2) is 28.7 Å². The monoisotopic (exact) mass is 330 g/mol. The van der Waals surface area contributed by atoms with Crippen molar-refractivity contribution < 1.29 is 14.0 Å². The molecule has 7 heteroatoms. The fourth-order valence-corrected chi connectivity index (χ4v) is 2.90. The number of oxazole rings is 1. The van der Waals surface area contributed by atoms with Crippen molar-refractivity contribution in [3.63, 3.8) is 0 Å². The fourth-order valence-electron chi connectivity index (χ4n) is 2.90. The Bertz CT molecular complexity index is 686. The van der Waals surface area contributed by atoms with Crippen LogP contribution in [0.2, 0.25) is 0 Å². The number of hydrogen-bond donors (Lipinski definition) is 2. The van der Waals surface area contributed by atoms with E-state index in [1.165, 1.54) is 6.92 Å². The lowest BCUT2D eigenvalue weighted by molar-refractivity contribution is -0.126. The number of nitrogens with zero attached hydrogens (tertiary/aromatic N) is 2. The molecule has 0 saturated carbocycles. The summed E-state index contributed by atoms with van der Waals surface area (Å²) in [6.07, 6.45) is 1.54. The number of piperidine rings is 1. The molecule has 128 valence electrons. The highest BCUT2D eigenvalue weighted by molar-refractivity contribution is 5.79. The summed E-state index contributed by atoms with van der Waals surface area (Å²) in [5, 5.41) is 5.54. The molecular weight excluding hydrogens is 308 g/mol. The highest BCUT2D eigenvalue weighted by atomic mass is 16.4. The van der Waals surface area contributed by atoms with Gasteiger partial charge in [-0.3, -0.25) is 9.59 Å². The van der Waals surface area contributed by atoms with Gasteiger partial charge in [0.15, 0.2) is 5.58 Å². The third-order valence-electron chi connectivity index (χ3n) is 4.22. The van der Waals surface area contributed by atoms with E-state index in [2.05, 4.69) is 20.5 Å². The number of carbonyl (C=O) groups is 2. The van der Waals surface area contributed by atoms with Crippen molar-refractivity contribution >= 4 is 28.9 Å². The Kier molecular flexibility index (Phi) is 4.98. The van der Waals surface area contributed by atoms with Gasteiger partial charge in [0.05, 0.1) is 0 Å². The molecule has 0 atom stereocenters. The van der Waals surface area contributed by atoms with E-state index in [4.69, 9.17) is 4.42 Å². The summed E-state index contributed by atoms with van der Waals surface area (Å²) in [4.78, 5) is 29.5. The van der Waals surface area contributed by atoms with Crippen LogP contribution in [0.5, 0.6) is 0 Å². The second kappa shape index (κ2) is 7.33. The van der Waals surface area contributed by atoms with E-state index in [-0.39, 0.29) is 17.7 Å². The van der Waals surface area contributed by atoms with Crippen LogP contribution in [0.3, 0.4) is 0 Å². The molecule has 1 saturated heterocycles. The molecule has 3 rings (SSSR count). The van der Waals surface area contributed by atoms with Crippen molar-refractivity contribution in [3.8, 4) is 0 Å². The molecule has 0 aliphatic carbocycles. The molecule has 1 aliphatic heterocycles. The van der Waals surface area contributed by atoms with Crippen molar-refractivity contribution in [2.24, 2.45) is 5.92 Å². The van der Waals surface area contributed by atoms with E-state index in [1.54, 1.807) is 0 Å². The summed E-state index contributed by atoms with van der Waals surface area (Å²) in [6.45, 7) is 3.88. The highest BCUT2D eigenvalue weighted by Crippen LogP contribution is 2.26. The summed E-state index contributed by atoms with van der Waals surface area (Å²) in [7, 11) is 0. The lowest BCUT2D eigenvalue weighted by Crippen LogP contribution is -2.42. The van der Waals surface area contributed by atoms with Gasteiger partial charge < -0.3 is 20.0 Å². The molecule has 1 aromatic heterocycles. The molecule has 0 spiro atoms. The highest BCUT2D eigenvalue weighted by Gasteiger charge is 2.26. The number of benzene rings is 1. The molecule has 24 heavy (non-hydrogen) atoms. The minimum absolute atomic E-state index is 0.00274. The van der Waals surface area contributed by atoms with Gasteiger partial charge in [0, 0.05) is 39.0 Å². The first-order valence-corrected chi connectivity index (χ1v) is 8.26. The Hall–Kier alpha value is -2.57. The number of hydrogen-bond acceptors (Lipinski definition) is 5. The first-order chi connectivity index (χ1) is 11.6. The zero-order chi connectivity index (χ0) is 16.9. The van der Waals surface area contributed by atoms with Crippen LogP contribution >= 0.6 is 0 Å². The quantitative estimate of drug-likeness (QED) is 0.807. The van der Waals surface area contributed by atoms with Crippen LogP contribution in [0, 0.1) is 5.92 Å². The number of fused-ring (bicyclic) bond motifs is 1. The molecule has 0 unspecified atom stereocenters. The second-order valence-electron chi connectivity index (χ2n) is 6.00. The predicted molar refractivity (Wildman–Crippen MR) is 90.6 cm³/mol. The zero-order valence-corrected chi connectivity index (χ0v) is 13.7. The van der Waals surface area contributed by atoms with Crippen molar-refractivity contribution in [1.82, 2.24) is 15.6 Å². The molecule has 2 heterocycles. The van der Waals surface area contributed by atoms with Crippen LogP contribution < -0.4 is 15.5 Å². The summed E-state index contributed by atoms with van der Waals surface area (Å²) in [5.41, 5.74) is 1.63. The molecule has 0 bridgehead atoms. The molecule has 1 fully saturated rings. The molecule has 7 nitrogen and oxygen atoms in total. The first-order valence-electron chi connectivity index (χ1n) is 8.26. The summed E-state index contributed by atoms with van der Waals surface area (Å²) in [5.74, 6) is -0.0311. The lowest BCUT2D eigenvalue weighted by Gasteiger charge is -2.30. The number of carbonyl (C=O) groups excluding carboxylic acids is 2. The maximum Gasteiger partial charge on any atom is 0.298 e. The summed E-state index contributed by atoms with van der Waals surface area (Å²) in [6, 6.07) is 8.32. The van der Waals surface area contributed by atoms with E-state index in [0.29, 0.717) is 19.1 Å². The van der Waals surface area contributed by atoms with Crippen molar-refractivity contribution in [2.45, 2.75) is 19.8 Å². The predicted octanol–water partition coefficient (Wildman–Crippen LogP) is 1.30. The van der Waals surface area contributed by atoms with Crippen molar-refractivity contribution in [2.75, 3.05) is 31.1 Å². The third kappa shape index (κ3) is 3.84. The van der Waals surface area contributed by atoms with Gasteiger partial charge in [-0.15, -0.1) is 0 Å². The normalized spacial score (nSPS) is 15.5. The Balaban J connectivity index is 1.48. The van der Waals surface area contributed by atoms with E-state index in [0.717, 1.165) is 37.0 Å². The first kappa shape index (κ1) is 16.3. The van der Waals surface area contributed by atoms with E-state index in [1.807, 2.05) is 24.3 Å². The van der Waals surface area contributed by atoms with Crippen LogP contribution in [-0.2, 0) is 9.59 Å². The second-order valence-corrected chi connectivity index (χ2v) is 6.00. The number of anilines is 1. The Labute approximate surface area is 140 Å². The van der Waals surface area contributed by atoms with Gasteiger partial charge in [-0.2, -0.15) is 4.98 Å². The Morgan fingerprint density at radius 1 is 1.21 bits per heavy atom. The van der Waals surface area contributed by atoms with Gasteiger partial charge in [-0.25, -0.2) is 0 Å². The van der Waals surface area contributed by atoms with Crippen LogP contribution in [0.1, 0.15) is 19.8 Å². The van der Waals surface area contributed by atoms with Crippen LogP contribution in [-0.4, -0.2) is 43.0 Å². The minimum atomic E-state index is -0.0871. The van der Waals surface area contributed by atoms with Gasteiger partial charge >= 0.3 is 0 Å². The minimum Gasteiger partial charge on any atom is -0.423 e. The van der Waals surface area contributed by atoms with Crippen LogP contribution in [0.4, 0.5) is 6.01 Å². The molecule has 1 aromatic carbocycles.